The Labute approximate surface area is 200 Å². The van der Waals surface area contributed by atoms with Gasteiger partial charge in [0.1, 0.15) is 0 Å². The van der Waals surface area contributed by atoms with Crippen LogP contribution in [0.25, 0.3) is 5.69 Å². The molecule has 0 aliphatic rings. The van der Waals surface area contributed by atoms with Crippen LogP contribution < -0.4 is 16.4 Å². The van der Waals surface area contributed by atoms with E-state index in [2.05, 4.69) is 26.2 Å². The first-order valence-corrected chi connectivity index (χ1v) is 11.5. The van der Waals surface area contributed by atoms with Gasteiger partial charge >= 0.3 is 6.03 Å². The highest BCUT2D eigenvalue weighted by molar-refractivity contribution is 7.98. The van der Waals surface area contributed by atoms with Crippen molar-refractivity contribution in [3.05, 3.63) is 95.8 Å². The van der Waals surface area contributed by atoms with Crippen molar-refractivity contribution < 1.29 is 9.59 Å². The number of anilines is 1. The van der Waals surface area contributed by atoms with Gasteiger partial charge in [0.2, 0.25) is 0 Å². The van der Waals surface area contributed by atoms with Crippen LogP contribution in [0.4, 0.5) is 10.5 Å². The molecule has 4 N–H and O–H groups in total. The molecule has 34 heavy (non-hydrogen) atoms. The van der Waals surface area contributed by atoms with Gasteiger partial charge in [-0.2, -0.15) is 4.68 Å². The fourth-order valence-electron chi connectivity index (χ4n) is 3.34. The van der Waals surface area contributed by atoms with E-state index in [0.29, 0.717) is 22.8 Å². The number of primary amides is 1. The van der Waals surface area contributed by atoms with Crippen LogP contribution >= 0.6 is 11.8 Å². The number of nitrogens with zero attached hydrogens (tertiary/aromatic N) is 4. The number of urea groups is 1. The highest BCUT2D eigenvalue weighted by Crippen LogP contribution is 2.27. The lowest BCUT2D eigenvalue weighted by Crippen LogP contribution is -2.27. The van der Waals surface area contributed by atoms with E-state index in [1.54, 1.807) is 22.9 Å². The maximum absolute atomic E-state index is 13.1. The quantitative estimate of drug-likeness (QED) is 0.333. The topological polar surface area (TPSA) is 128 Å². The number of carbonyl (C=O) groups is 2. The minimum absolute atomic E-state index is 0.183. The Morgan fingerprint density at radius 1 is 1.00 bits per heavy atom. The summed E-state index contributed by atoms with van der Waals surface area (Å²) in [4.78, 5) is 24.9. The number of carbonyl (C=O) groups excluding carboxylic acids is 2. The third-order valence-corrected chi connectivity index (χ3v) is 6.12. The molecule has 0 radical (unpaired) electrons. The first-order valence-electron chi connectivity index (χ1n) is 10.5. The van der Waals surface area contributed by atoms with Crippen molar-refractivity contribution >= 4 is 29.4 Å². The van der Waals surface area contributed by atoms with E-state index in [9.17, 15) is 9.59 Å². The third-order valence-electron chi connectivity index (χ3n) is 5.05. The van der Waals surface area contributed by atoms with Crippen molar-refractivity contribution in [1.29, 1.82) is 0 Å². The van der Waals surface area contributed by atoms with E-state index in [4.69, 9.17) is 5.73 Å². The van der Waals surface area contributed by atoms with Crippen LogP contribution in [0.1, 0.15) is 34.7 Å². The summed E-state index contributed by atoms with van der Waals surface area (Å²) in [5.74, 6) is 0.998. The molecule has 4 aromatic rings. The number of hydrogen-bond donors (Lipinski definition) is 3. The van der Waals surface area contributed by atoms with Crippen molar-refractivity contribution in [2.24, 2.45) is 5.73 Å². The monoisotopic (exact) mass is 473 g/mol. The molecule has 1 heterocycles. The zero-order valence-electron chi connectivity index (χ0n) is 18.4. The molecule has 1 aromatic heterocycles. The van der Waals surface area contributed by atoms with Crippen molar-refractivity contribution in [3.63, 3.8) is 0 Å². The second-order valence-corrected chi connectivity index (χ2v) is 8.45. The van der Waals surface area contributed by atoms with Crippen LogP contribution in [0.5, 0.6) is 0 Å². The van der Waals surface area contributed by atoms with Crippen molar-refractivity contribution in [2.75, 3.05) is 5.32 Å². The van der Waals surface area contributed by atoms with Crippen molar-refractivity contribution in [1.82, 2.24) is 25.5 Å². The molecule has 0 saturated heterocycles. The second-order valence-electron chi connectivity index (χ2n) is 7.43. The summed E-state index contributed by atoms with van der Waals surface area (Å²) in [6, 6.07) is 23.4. The van der Waals surface area contributed by atoms with E-state index in [1.807, 2.05) is 67.6 Å². The Bertz CT molecular complexity index is 1280. The Morgan fingerprint density at radius 3 is 2.44 bits per heavy atom. The minimum Gasteiger partial charge on any atom is -0.351 e. The second kappa shape index (κ2) is 10.6. The number of para-hydroxylation sites is 1. The van der Waals surface area contributed by atoms with Crippen LogP contribution in [0, 0.1) is 0 Å². The van der Waals surface area contributed by atoms with Gasteiger partial charge < -0.3 is 16.4 Å². The number of amides is 3. The van der Waals surface area contributed by atoms with Crippen molar-refractivity contribution in [2.45, 2.75) is 23.6 Å². The number of aromatic nitrogens is 4. The van der Waals surface area contributed by atoms with Gasteiger partial charge in [0.05, 0.1) is 23.0 Å². The molecule has 0 aliphatic heterocycles. The minimum atomic E-state index is -0.624. The predicted molar refractivity (Wildman–Crippen MR) is 131 cm³/mol. The summed E-state index contributed by atoms with van der Waals surface area (Å²) in [5.41, 5.74) is 8.08. The number of benzene rings is 3. The summed E-state index contributed by atoms with van der Waals surface area (Å²) >= 11 is 1.50. The van der Waals surface area contributed by atoms with E-state index >= 15 is 0 Å². The Kier molecular flexibility index (Phi) is 7.19. The maximum atomic E-state index is 13.1. The summed E-state index contributed by atoms with van der Waals surface area (Å²) in [5, 5.41) is 17.6. The molecule has 0 bridgehead atoms. The molecule has 1 atom stereocenters. The molecule has 0 fully saturated rings. The Balaban J connectivity index is 1.44. The van der Waals surface area contributed by atoms with Crippen LogP contribution in [-0.2, 0) is 5.75 Å². The lowest BCUT2D eigenvalue weighted by atomic mass is 10.1. The summed E-state index contributed by atoms with van der Waals surface area (Å²) in [6.45, 7) is 1.90. The van der Waals surface area contributed by atoms with Crippen LogP contribution in [-0.4, -0.2) is 32.1 Å². The van der Waals surface area contributed by atoms with Gasteiger partial charge in [0, 0.05) is 10.6 Å². The summed E-state index contributed by atoms with van der Waals surface area (Å²) in [7, 11) is 0. The number of thioether (sulfide) groups is 1. The average Bonchev–Trinajstić information content (AvgIpc) is 3.32. The Morgan fingerprint density at radius 2 is 1.71 bits per heavy atom. The maximum Gasteiger partial charge on any atom is 0.316 e. The smallest absolute Gasteiger partial charge is 0.316 e. The van der Waals surface area contributed by atoms with E-state index < -0.39 is 6.03 Å². The van der Waals surface area contributed by atoms with Gasteiger partial charge in [-0.25, -0.2) is 4.79 Å². The predicted octanol–water partition coefficient (Wildman–Crippen LogP) is 3.94. The molecule has 0 saturated carbocycles. The molecule has 0 spiro atoms. The van der Waals surface area contributed by atoms with Gasteiger partial charge in [-0.05, 0) is 59.3 Å². The molecule has 9 nitrogen and oxygen atoms in total. The molecule has 0 aliphatic carbocycles. The molecule has 3 aromatic carbocycles. The van der Waals surface area contributed by atoms with E-state index in [1.165, 1.54) is 11.8 Å². The van der Waals surface area contributed by atoms with Gasteiger partial charge in [-0.15, -0.1) is 16.9 Å². The summed E-state index contributed by atoms with van der Waals surface area (Å²) in [6.07, 6.45) is 0. The van der Waals surface area contributed by atoms with Gasteiger partial charge in [0.15, 0.2) is 5.82 Å². The van der Waals surface area contributed by atoms with Gasteiger partial charge in [0.25, 0.3) is 5.91 Å². The van der Waals surface area contributed by atoms with Crippen molar-refractivity contribution in [3.8, 4) is 5.69 Å². The highest BCUT2D eigenvalue weighted by Gasteiger charge is 2.16. The third kappa shape index (κ3) is 5.59. The number of tetrazole rings is 1. The Hall–Kier alpha value is -4.18. The molecule has 4 rings (SSSR count). The highest BCUT2D eigenvalue weighted by atomic mass is 32.2. The lowest BCUT2D eigenvalue weighted by Gasteiger charge is -2.16. The fourth-order valence-corrected chi connectivity index (χ4v) is 4.30. The number of hydrogen-bond acceptors (Lipinski definition) is 6. The zero-order valence-corrected chi connectivity index (χ0v) is 19.2. The molecule has 1 unspecified atom stereocenters. The van der Waals surface area contributed by atoms with Crippen LogP contribution in [0.3, 0.4) is 0 Å². The zero-order chi connectivity index (χ0) is 23.9. The molecule has 172 valence electrons. The average molecular weight is 474 g/mol. The fraction of sp³-hybridized carbons (Fsp3) is 0.125. The molecular weight excluding hydrogens is 450 g/mol. The largest absolute Gasteiger partial charge is 0.351 e. The van der Waals surface area contributed by atoms with Crippen LogP contribution in [0.2, 0.25) is 0 Å². The number of nitrogens with one attached hydrogen (secondary N) is 2. The van der Waals surface area contributed by atoms with E-state index in [0.717, 1.165) is 16.1 Å². The summed E-state index contributed by atoms with van der Waals surface area (Å²) < 4.78 is 1.69. The van der Waals surface area contributed by atoms with Gasteiger partial charge in [-0.1, -0.05) is 42.5 Å². The van der Waals surface area contributed by atoms with Gasteiger partial charge in [-0.3, -0.25) is 4.79 Å². The lowest BCUT2D eigenvalue weighted by molar-refractivity contribution is 0.0937. The SMILES string of the molecule is CC(NC(=O)c1ccccc1SCc1nnnn1-c1ccccc1)c1ccc(NC(N)=O)cc1. The molecule has 3 amide bonds. The first kappa shape index (κ1) is 23.0. The normalized spacial score (nSPS) is 11.6. The number of nitrogens with two attached hydrogens (primary N) is 1. The first-order chi connectivity index (χ1) is 16.5. The van der Waals surface area contributed by atoms with Crippen LogP contribution in [0.15, 0.2) is 83.8 Å². The standard InChI is InChI=1S/C24H23N7O2S/c1-16(17-11-13-18(14-12-17)27-24(25)33)26-23(32)20-9-5-6-10-21(20)34-15-22-28-29-30-31(22)19-7-3-2-4-8-19/h2-14,16H,15H2,1H3,(H,26,32)(H3,25,27,33). The molecular formula is C24H23N7O2S. The number of rotatable bonds is 8. The molecule has 10 heteroatoms. The van der Waals surface area contributed by atoms with E-state index in [-0.39, 0.29) is 11.9 Å².